The van der Waals surface area contributed by atoms with Gasteiger partial charge in [-0.1, -0.05) is 12.1 Å². The summed E-state index contributed by atoms with van der Waals surface area (Å²) in [5.41, 5.74) is 1.15. The molecule has 5 nitrogen and oxygen atoms in total. The van der Waals surface area contributed by atoms with Gasteiger partial charge in [0.05, 0.1) is 17.4 Å². The molecule has 0 amide bonds. The molecule has 100 valence electrons. The van der Waals surface area contributed by atoms with E-state index in [-0.39, 0.29) is 24.6 Å². The molecule has 0 N–H and O–H groups in total. The van der Waals surface area contributed by atoms with Crippen LogP contribution in [0.2, 0.25) is 0 Å². The van der Waals surface area contributed by atoms with Crippen molar-refractivity contribution < 1.29 is 13.2 Å². The number of ketones is 1. The molecule has 1 heterocycles. The van der Waals surface area contributed by atoms with Crippen molar-refractivity contribution in [1.82, 2.24) is 4.31 Å². The van der Waals surface area contributed by atoms with Crippen molar-refractivity contribution in [3.8, 4) is 6.07 Å². The van der Waals surface area contributed by atoms with Crippen LogP contribution in [0.25, 0.3) is 0 Å². The van der Waals surface area contributed by atoms with Crippen molar-refractivity contribution in [2.75, 3.05) is 13.1 Å². The maximum atomic E-state index is 12.2. The molecule has 0 unspecified atom stereocenters. The average Bonchev–Trinajstić information content (AvgIpc) is 2.40. The molecular formula is C13H14N2O3S. The lowest BCUT2D eigenvalue weighted by atomic mass is 10.1. The molecule has 0 aliphatic carbocycles. The first-order valence-corrected chi connectivity index (χ1v) is 7.61. The van der Waals surface area contributed by atoms with Gasteiger partial charge in [-0.2, -0.15) is 5.26 Å². The maximum absolute atomic E-state index is 12.2. The van der Waals surface area contributed by atoms with E-state index >= 15 is 0 Å². The van der Waals surface area contributed by atoms with E-state index in [9.17, 15) is 13.2 Å². The SMILES string of the molecule is N#Cc1ccc(CS(=O)(=O)N2CCC(=O)CC2)cc1. The van der Waals surface area contributed by atoms with E-state index in [0.717, 1.165) is 0 Å². The number of hydrogen-bond acceptors (Lipinski definition) is 4. The van der Waals surface area contributed by atoms with E-state index in [4.69, 9.17) is 5.26 Å². The largest absolute Gasteiger partial charge is 0.300 e. The molecule has 0 aromatic heterocycles. The molecule has 0 atom stereocenters. The van der Waals surface area contributed by atoms with Crippen molar-refractivity contribution in [2.45, 2.75) is 18.6 Å². The summed E-state index contributed by atoms with van der Waals surface area (Å²) < 4.78 is 25.7. The van der Waals surface area contributed by atoms with Gasteiger partial charge in [-0.25, -0.2) is 12.7 Å². The van der Waals surface area contributed by atoms with Crippen molar-refractivity contribution in [3.63, 3.8) is 0 Å². The Balaban J connectivity index is 2.08. The molecule has 1 aromatic rings. The first kappa shape index (κ1) is 13.7. The number of nitrogens with zero attached hydrogens (tertiary/aromatic N) is 2. The van der Waals surface area contributed by atoms with Gasteiger partial charge < -0.3 is 0 Å². The van der Waals surface area contributed by atoms with Gasteiger partial charge in [-0.15, -0.1) is 0 Å². The van der Waals surface area contributed by atoms with Gasteiger partial charge in [0, 0.05) is 25.9 Å². The molecule has 0 radical (unpaired) electrons. The lowest BCUT2D eigenvalue weighted by molar-refractivity contribution is -0.120. The fourth-order valence-corrected chi connectivity index (χ4v) is 3.53. The third-order valence-electron chi connectivity index (χ3n) is 3.11. The maximum Gasteiger partial charge on any atom is 0.218 e. The zero-order valence-corrected chi connectivity index (χ0v) is 11.2. The highest BCUT2D eigenvalue weighted by Gasteiger charge is 2.26. The van der Waals surface area contributed by atoms with E-state index in [0.29, 0.717) is 24.0 Å². The van der Waals surface area contributed by atoms with Crippen molar-refractivity contribution >= 4 is 15.8 Å². The molecule has 2 rings (SSSR count). The monoisotopic (exact) mass is 278 g/mol. The number of rotatable bonds is 3. The Bertz CT molecular complexity index is 604. The van der Waals surface area contributed by atoms with Gasteiger partial charge in [0.1, 0.15) is 5.78 Å². The zero-order chi connectivity index (χ0) is 13.9. The second-order valence-corrected chi connectivity index (χ2v) is 6.47. The second kappa shape index (κ2) is 5.51. The van der Waals surface area contributed by atoms with Crippen molar-refractivity contribution in [3.05, 3.63) is 35.4 Å². The number of sulfonamides is 1. The van der Waals surface area contributed by atoms with E-state index in [1.54, 1.807) is 24.3 Å². The topological polar surface area (TPSA) is 78.2 Å². The quantitative estimate of drug-likeness (QED) is 0.828. The summed E-state index contributed by atoms with van der Waals surface area (Å²) in [5, 5.41) is 8.68. The van der Waals surface area contributed by atoms with Crippen molar-refractivity contribution in [2.24, 2.45) is 0 Å². The van der Waals surface area contributed by atoms with Crippen LogP contribution < -0.4 is 0 Å². The summed E-state index contributed by atoms with van der Waals surface area (Å²) in [6.45, 7) is 0.550. The minimum atomic E-state index is -3.38. The lowest BCUT2D eigenvalue weighted by Crippen LogP contribution is -2.39. The summed E-state index contributed by atoms with van der Waals surface area (Å²) in [7, 11) is -3.38. The molecule has 1 saturated heterocycles. The fraction of sp³-hybridized carbons (Fsp3) is 0.385. The minimum Gasteiger partial charge on any atom is -0.300 e. The molecule has 1 aliphatic heterocycles. The van der Waals surface area contributed by atoms with E-state index < -0.39 is 10.0 Å². The molecule has 1 aromatic carbocycles. The highest BCUT2D eigenvalue weighted by atomic mass is 32.2. The van der Waals surface area contributed by atoms with E-state index in [1.807, 2.05) is 6.07 Å². The van der Waals surface area contributed by atoms with Gasteiger partial charge >= 0.3 is 0 Å². The van der Waals surface area contributed by atoms with Crippen LogP contribution in [-0.2, 0) is 20.6 Å². The fourth-order valence-electron chi connectivity index (χ4n) is 1.99. The van der Waals surface area contributed by atoms with Crippen LogP contribution in [0.4, 0.5) is 0 Å². The third kappa shape index (κ3) is 3.40. The number of carbonyl (C=O) groups excluding carboxylic acids is 1. The number of nitriles is 1. The van der Waals surface area contributed by atoms with Crippen LogP contribution in [0.5, 0.6) is 0 Å². The van der Waals surface area contributed by atoms with Crippen LogP contribution in [0, 0.1) is 11.3 Å². The molecule has 6 heteroatoms. The Morgan fingerprint density at radius 2 is 1.74 bits per heavy atom. The number of piperidine rings is 1. The van der Waals surface area contributed by atoms with Gasteiger partial charge in [0.15, 0.2) is 0 Å². The molecule has 0 bridgehead atoms. The van der Waals surface area contributed by atoms with Gasteiger partial charge in [-0.05, 0) is 17.7 Å². The Morgan fingerprint density at radius 1 is 1.16 bits per heavy atom. The van der Waals surface area contributed by atoms with Gasteiger partial charge in [0.2, 0.25) is 10.0 Å². The summed E-state index contributed by atoms with van der Waals surface area (Å²) in [4.78, 5) is 11.1. The molecule has 0 spiro atoms. The Labute approximate surface area is 112 Å². The molecule has 0 saturated carbocycles. The minimum absolute atomic E-state index is 0.0904. The summed E-state index contributed by atoms with van der Waals surface area (Å²) in [6.07, 6.45) is 0.596. The van der Waals surface area contributed by atoms with Crippen LogP contribution in [0.15, 0.2) is 24.3 Å². The normalized spacial score (nSPS) is 17.1. The first-order valence-electron chi connectivity index (χ1n) is 6.00. The molecular weight excluding hydrogens is 264 g/mol. The molecule has 1 fully saturated rings. The number of Topliss-reactive ketones (excluding diaryl/α,β-unsaturated/α-hetero) is 1. The highest BCUT2D eigenvalue weighted by molar-refractivity contribution is 7.88. The summed E-state index contributed by atoms with van der Waals surface area (Å²) >= 11 is 0. The second-order valence-electron chi connectivity index (χ2n) is 4.50. The smallest absolute Gasteiger partial charge is 0.218 e. The number of benzene rings is 1. The zero-order valence-electron chi connectivity index (χ0n) is 10.4. The molecule has 19 heavy (non-hydrogen) atoms. The van der Waals surface area contributed by atoms with Crippen LogP contribution >= 0.6 is 0 Å². The summed E-state index contributed by atoms with van der Waals surface area (Å²) in [5.74, 6) is 0.0252. The van der Waals surface area contributed by atoms with Crippen molar-refractivity contribution in [1.29, 1.82) is 5.26 Å². The lowest BCUT2D eigenvalue weighted by Gasteiger charge is -2.25. The van der Waals surface area contributed by atoms with E-state index in [2.05, 4.69) is 0 Å². The Kier molecular flexibility index (Phi) is 3.98. The number of carbonyl (C=O) groups is 1. The van der Waals surface area contributed by atoms with Crippen LogP contribution in [0.1, 0.15) is 24.0 Å². The third-order valence-corrected chi connectivity index (χ3v) is 4.96. The first-order chi connectivity index (χ1) is 9.01. The molecule has 1 aliphatic rings. The summed E-state index contributed by atoms with van der Waals surface area (Å²) in [6, 6.07) is 8.48. The van der Waals surface area contributed by atoms with Gasteiger partial charge in [-0.3, -0.25) is 4.79 Å². The number of hydrogen-bond donors (Lipinski definition) is 0. The average molecular weight is 278 g/mol. The van der Waals surface area contributed by atoms with Crippen LogP contribution in [0.3, 0.4) is 0 Å². The Hall–Kier alpha value is -1.71. The van der Waals surface area contributed by atoms with Gasteiger partial charge in [0.25, 0.3) is 0 Å². The standard InChI is InChI=1S/C13H14N2O3S/c14-9-11-1-3-12(4-2-11)10-19(17,18)15-7-5-13(16)6-8-15/h1-4H,5-8,10H2. The Morgan fingerprint density at radius 3 is 2.26 bits per heavy atom. The predicted molar refractivity (Wildman–Crippen MR) is 69.6 cm³/mol. The predicted octanol–water partition coefficient (Wildman–Crippen LogP) is 1.05. The highest BCUT2D eigenvalue weighted by Crippen LogP contribution is 2.16. The van der Waals surface area contributed by atoms with E-state index in [1.165, 1.54) is 4.31 Å². The van der Waals surface area contributed by atoms with Crippen LogP contribution in [-0.4, -0.2) is 31.6 Å².